The second-order valence-corrected chi connectivity index (χ2v) is 8.71. The van der Waals surface area contributed by atoms with Gasteiger partial charge < -0.3 is 5.11 Å². The molecule has 21 heavy (non-hydrogen) atoms. The molecule has 2 saturated carbocycles. The number of hydrogen-bond acceptors (Lipinski definition) is 1. The van der Waals surface area contributed by atoms with E-state index in [9.17, 15) is 5.11 Å². The van der Waals surface area contributed by atoms with E-state index in [4.69, 9.17) is 0 Å². The zero-order chi connectivity index (χ0) is 15.4. The van der Waals surface area contributed by atoms with Crippen LogP contribution in [0.15, 0.2) is 24.3 Å². The second kappa shape index (κ2) is 4.98. The van der Waals surface area contributed by atoms with Crippen LogP contribution in [0.5, 0.6) is 0 Å². The Morgan fingerprint density at radius 1 is 1.24 bits per heavy atom. The Balaban J connectivity index is 1.96. The van der Waals surface area contributed by atoms with Crippen LogP contribution in [0, 0.1) is 34.5 Å². The number of allylic oxidation sites excluding steroid dienone is 3. The van der Waals surface area contributed by atoms with Gasteiger partial charge in [0.1, 0.15) is 0 Å². The lowest BCUT2D eigenvalue weighted by atomic mass is 9.43. The largest absolute Gasteiger partial charge is 0.393 e. The van der Waals surface area contributed by atoms with Crippen molar-refractivity contribution in [2.24, 2.45) is 34.5 Å². The van der Waals surface area contributed by atoms with E-state index in [0.29, 0.717) is 17.3 Å². The van der Waals surface area contributed by atoms with E-state index in [1.807, 2.05) is 0 Å². The fourth-order valence-electron chi connectivity index (χ4n) is 6.28. The van der Waals surface area contributed by atoms with E-state index in [1.165, 1.54) is 31.3 Å². The molecule has 0 bridgehead atoms. The summed E-state index contributed by atoms with van der Waals surface area (Å²) in [6, 6.07) is 0. The molecule has 0 aromatic heterocycles. The Hall–Kier alpha value is -0.560. The first-order valence-corrected chi connectivity index (χ1v) is 8.83. The maximum atomic E-state index is 10.5. The first kappa shape index (κ1) is 15.3. The summed E-state index contributed by atoms with van der Waals surface area (Å²) in [5, 5.41) is 10.5. The number of aliphatic hydroxyl groups excluding tert-OH is 1. The molecule has 0 aliphatic heterocycles. The van der Waals surface area contributed by atoms with E-state index in [1.54, 1.807) is 0 Å². The third kappa shape index (κ3) is 2.07. The standard InChI is InChI=1S/C20H32O/c1-6-14-7-9-16-15(13(14)2)8-10-17-19(3,4)18(21)11-12-20(16,17)5/h6-7,13,15-18,21H,1,8-12H2,2-5H3/t13-,15-,16-,17-,18?,20+/m1/s1. The van der Waals surface area contributed by atoms with E-state index in [0.717, 1.165) is 18.3 Å². The topological polar surface area (TPSA) is 20.2 Å². The van der Waals surface area contributed by atoms with Crippen molar-refractivity contribution in [3.8, 4) is 0 Å². The molecule has 118 valence electrons. The molecule has 3 aliphatic carbocycles. The Bertz CT molecular complexity index is 460. The predicted octanol–water partition coefficient (Wildman–Crippen LogP) is 4.97. The van der Waals surface area contributed by atoms with Gasteiger partial charge in [0.15, 0.2) is 0 Å². The molecule has 6 atom stereocenters. The molecule has 0 heterocycles. The highest BCUT2D eigenvalue weighted by molar-refractivity contribution is 5.25. The highest BCUT2D eigenvalue weighted by atomic mass is 16.3. The van der Waals surface area contributed by atoms with Gasteiger partial charge in [-0.15, -0.1) is 0 Å². The molecule has 0 radical (unpaired) electrons. The second-order valence-electron chi connectivity index (χ2n) is 8.71. The minimum atomic E-state index is -0.118. The zero-order valence-electron chi connectivity index (χ0n) is 14.2. The Morgan fingerprint density at radius 3 is 2.62 bits per heavy atom. The molecule has 0 saturated heterocycles. The number of hydrogen-bond donors (Lipinski definition) is 1. The third-order valence-electron chi connectivity index (χ3n) is 7.67. The summed E-state index contributed by atoms with van der Waals surface area (Å²) in [7, 11) is 0. The van der Waals surface area contributed by atoms with Gasteiger partial charge in [0.2, 0.25) is 0 Å². The average Bonchev–Trinajstić information content (AvgIpc) is 2.44. The molecular formula is C20H32O. The third-order valence-corrected chi connectivity index (χ3v) is 7.67. The monoisotopic (exact) mass is 288 g/mol. The van der Waals surface area contributed by atoms with Crippen LogP contribution in [0.3, 0.4) is 0 Å². The summed E-state index contributed by atoms with van der Waals surface area (Å²) in [5.41, 5.74) is 1.95. The molecule has 3 aliphatic rings. The molecule has 0 aromatic carbocycles. The van der Waals surface area contributed by atoms with Crippen molar-refractivity contribution in [1.29, 1.82) is 0 Å². The quantitative estimate of drug-likeness (QED) is 0.722. The van der Waals surface area contributed by atoms with Gasteiger partial charge >= 0.3 is 0 Å². The lowest BCUT2D eigenvalue weighted by molar-refractivity contribution is -0.155. The summed E-state index contributed by atoms with van der Waals surface area (Å²) < 4.78 is 0. The molecule has 3 rings (SSSR count). The Kier molecular flexibility index (Phi) is 3.64. The smallest absolute Gasteiger partial charge is 0.0594 e. The van der Waals surface area contributed by atoms with Crippen LogP contribution in [0.1, 0.15) is 59.8 Å². The van der Waals surface area contributed by atoms with Crippen LogP contribution in [0.4, 0.5) is 0 Å². The first-order chi connectivity index (χ1) is 9.82. The summed E-state index contributed by atoms with van der Waals surface area (Å²) >= 11 is 0. The summed E-state index contributed by atoms with van der Waals surface area (Å²) in [6.07, 6.45) is 10.4. The molecule has 0 amide bonds. The van der Waals surface area contributed by atoms with Gasteiger partial charge in [0, 0.05) is 0 Å². The van der Waals surface area contributed by atoms with E-state index in [-0.39, 0.29) is 11.5 Å². The fraction of sp³-hybridized carbons (Fsp3) is 0.800. The van der Waals surface area contributed by atoms with Gasteiger partial charge in [0.05, 0.1) is 6.10 Å². The van der Waals surface area contributed by atoms with Crippen molar-refractivity contribution in [2.45, 2.75) is 65.9 Å². The highest BCUT2D eigenvalue weighted by Crippen LogP contribution is 2.64. The van der Waals surface area contributed by atoms with Gasteiger partial charge in [-0.2, -0.15) is 0 Å². The molecule has 0 spiro atoms. The van der Waals surface area contributed by atoms with Crippen molar-refractivity contribution in [2.75, 3.05) is 0 Å². The van der Waals surface area contributed by atoms with Crippen LogP contribution in [-0.4, -0.2) is 11.2 Å². The van der Waals surface area contributed by atoms with Crippen molar-refractivity contribution in [3.63, 3.8) is 0 Å². The fourth-order valence-corrected chi connectivity index (χ4v) is 6.28. The maximum Gasteiger partial charge on any atom is 0.0594 e. The molecule has 1 N–H and O–H groups in total. The molecule has 1 nitrogen and oxygen atoms in total. The minimum absolute atomic E-state index is 0.0731. The van der Waals surface area contributed by atoms with E-state index < -0.39 is 0 Å². The van der Waals surface area contributed by atoms with Crippen molar-refractivity contribution < 1.29 is 5.11 Å². The SMILES string of the molecule is C=CC1=CC[C@@H]2[C@H](CC[C@@H]3C(C)(C)C(O)CC[C@@]23C)[C@@H]1C. The molecule has 1 unspecified atom stereocenters. The number of aliphatic hydroxyl groups is 1. The van der Waals surface area contributed by atoms with Crippen LogP contribution in [0.2, 0.25) is 0 Å². The van der Waals surface area contributed by atoms with Gasteiger partial charge in [-0.05, 0) is 72.2 Å². The number of rotatable bonds is 1. The normalized spacial score (nSPS) is 48.8. The van der Waals surface area contributed by atoms with Crippen molar-refractivity contribution >= 4 is 0 Å². The van der Waals surface area contributed by atoms with Crippen LogP contribution in [0.25, 0.3) is 0 Å². The lowest BCUT2D eigenvalue weighted by Gasteiger charge is -2.62. The van der Waals surface area contributed by atoms with E-state index >= 15 is 0 Å². The highest BCUT2D eigenvalue weighted by Gasteiger charge is 2.58. The predicted molar refractivity (Wildman–Crippen MR) is 88.9 cm³/mol. The van der Waals surface area contributed by atoms with E-state index in [2.05, 4.69) is 46.4 Å². The average molecular weight is 288 g/mol. The van der Waals surface area contributed by atoms with Gasteiger partial charge in [-0.25, -0.2) is 0 Å². The van der Waals surface area contributed by atoms with Crippen LogP contribution < -0.4 is 0 Å². The Morgan fingerprint density at radius 2 is 1.95 bits per heavy atom. The van der Waals surface area contributed by atoms with Crippen molar-refractivity contribution in [1.82, 2.24) is 0 Å². The molecule has 1 heteroatoms. The minimum Gasteiger partial charge on any atom is -0.393 e. The summed E-state index contributed by atoms with van der Waals surface area (Å²) in [4.78, 5) is 0. The number of fused-ring (bicyclic) bond motifs is 3. The van der Waals surface area contributed by atoms with Gasteiger partial charge in [-0.1, -0.05) is 46.4 Å². The Labute approximate surface area is 130 Å². The van der Waals surface area contributed by atoms with Crippen LogP contribution >= 0.6 is 0 Å². The van der Waals surface area contributed by atoms with Crippen molar-refractivity contribution in [3.05, 3.63) is 24.3 Å². The molecule has 0 aromatic rings. The molecular weight excluding hydrogens is 256 g/mol. The summed E-state index contributed by atoms with van der Waals surface area (Å²) in [6.45, 7) is 13.5. The summed E-state index contributed by atoms with van der Waals surface area (Å²) in [5.74, 6) is 2.94. The molecule has 2 fully saturated rings. The lowest BCUT2D eigenvalue weighted by Crippen LogP contribution is -2.57. The maximum absolute atomic E-state index is 10.5. The first-order valence-electron chi connectivity index (χ1n) is 8.83. The van der Waals surface area contributed by atoms with Gasteiger partial charge in [-0.3, -0.25) is 0 Å². The van der Waals surface area contributed by atoms with Crippen LogP contribution in [-0.2, 0) is 0 Å². The zero-order valence-corrected chi connectivity index (χ0v) is 14.2. The van der Waals surface area contributed by atoms with Gasteiger partial charge in [0.25, 0.3) is 0 Å².